The monoisotopic (exact) mass is 617 g/mol. The number of methoxy groups -OCH3 is 1. The van der Waals surface area contributed by atoms with E-state index in [1.54, 1.807) is 45.2 Å². The van der Waals surface area contributed by atoms with Crippen LogP contribution in [0.3, 0.4) is 0 Å². The molecule has 3 rings (SSSR count). The average Bonchev–Trinajstić information content (AvgIpc) is 2.97. The minimum atomic E-state index is -1.10. The lowest BCUT2D eigenvalue weighted by molar-refractivity contribution is -0.207. The van der Waals surface area contributed by atoms with E-state index in [9.17, 15) is 14.4 Å². The molecule has 12 heteroatoms. The molecule has 0 fully saturated rings. The number of rotatable bonds is 12. The summed E-state index contributed by atoms with van der Waals surface area (Å²) in [4.78, 5) is 48.0. The van der Waals surface area contributed by atoms with Crippen molar-refractivity contribution in [1.29, 1.82) is 0 Å². The van der Waals surface area contributed by atoms with Gasteiger partial charge in [-0.2, -0.15) is 0 Å². The second kappa shape index (κ2) is 14.4. The van der Waals surface area contributed by atoms with Crippen molar-refractivity contribution in [3.05, 3.63) is 87.7 Å². The highest BCUT2D eigenvalue weighted by Gasteiger charge is 2.37. The van der Waals surface area contributed by atoms with Gasteiger partial charge >= 0.3 is 11.9 Å². The number of aromatic nitrogens is 1. The Balaban J connectivity index is 1.78. The number of hydrogen-bond donors (Lipinski definition) is 1. The van der Waals surface area contributed by atoms with Crippen molar-refractivity contribution in [3.63, 3.8) is 0 Å². The van der Waals surface area contributed by atoms with E-state index in [1.807, 2.05) is 31.2 Å². The zero-order valence-corrected chi connectivity index (χ0v) is 25.7. The smallest absolute Gasteiger partial charge is 0.347 e. The van der Waals surface area contributed by atoms with Crippen LogP contribution in [0.1, 0.15) is 49.3 Å². The summed E-state index contributed by atoms with van der Waals surface area (Å²) >= 11 is 12.2. The van der Waals surface area contributed by atoms with Crippen LogP contribution >= 0.6 is 23.2 Å². The molecule has 0 bridgehead atoms. The molecule has 0 unspecified atom stereocenters. The summed E-state index contributed by atoms with van der Waals surface area (Å²) in [7, 11) is 3.00. The molecule has 0 aliphatic heterocycles. The maximum absolute atomic E-state index is 13.2. The number of carbonyl (C=O) groups is 3. The van der Waals surface area contributed by atoms with Crippen LogP contribution in [-0.2, 0) is 24.7 Å². The third kappa shape index (κ3) is 7.70. The predicted octanol–water partition coefficient (Wildman–Crippen LogP) is 5.40. The summed E-state index contributed by atoms with van der Waals surface area (Å²) < 4.78 is 15.9. The average molecular weight is 619 g/mol. The molecule has 3 aromatic rings. The van der Waals surface area contributed by atoms with Crippen LogP contribution in [0, 0.1) is 5.92 Å². The number of nitrogens with zero attached hydrogens (tertiary/aromatic N) is 2. The van der Waals surface area contributed by atoms with Gasteiger partial charge < -0.3 is 24.4 Å². The Hall–Kier alpha value is -3.86. The van der Waals surface area contributed by atoms with Crippen LogP contribution in [0.4, 0.5) is 0 Å². The molecular weight excluding hydrogens is 585 g/mol. The fourth-order valence-corrected chi connectivity index (χ4v) is 4.17. The quantitative estimate of drug-likeness (QED) is 0.162. The van der Waals surface area contributed by atoms with Crippen molar-refractivity contribution >= 4 is 41.0 Å². The zero-order chi connectivity index (χ0) is 31.0. The molecule has 1 atom stereocenters. The Morgan fingerprint density at radius 2 is 1.48 bits per heavy atom. The Bertz CT molecular complexity index is 1350. The van der Waals surface area contributed by atoms with Gasteiger partial charge in [0.25, 0.3) is 5.91 Å². The minimum absolute atomic E-state index is 0.0511. The molecule has 10 nitrogen and oxygen atoms in total. The fraction of sp³-hybridized carbons (Fsp3) is 0.333. The predicted molar refractivity (Wildman–Crippen MR) is 157 cm³/mol. The van der Waals surface area contributed by atoms with Crippen molar-refractivity contribution < 1.29 is 33.4 Å². The van der Waals surface area contributed by atoms with Crippen molar-refractivity contribution in [2.75, 3.05) is 21.0 Å². The molecule has 1 aromatic heterocycles. The van der Waals surface area contributed by atoms with E-state index in [1.165, 1.54) is 31.4 Å². The van der Waals surface area contributed by atoms with Gasteiger partial charge in [-0.3, -0.25) is 9.59 Å². The van der Waals surface area contributed by atoms with Crippen molar-refractivity contribution in [1.82, 2.24) is 15.4 Å². The molecule has 1 amide bonds. The van der Waals surface area contributed by atoms with E-state index < -0.39 is 36.2 Å². The summed E-state index contributed by atoms with van der Waals surface area (Å²) in [5, 5.41) is 5.10. The molecule has 0 radical (unpaired) electrons. The number of hydrogen-bond acceptors (Lipinski definition) is 9. The minimum Gasteiger partial charge on any atom is -0.493 e. The molecule has 42 heavy (non-hydrogen) atoms. The zero-order valence-electron chi connectivity index (χ0n) is 24.1. The Morgan fingerprint density at radius 1 is 0.929 bits per heavy atom. The summed E-state index contributed by atoms with van der Waals surface area (Å²) in [6, 6.07) is 14.7. The van der Waals surface area contributed by atoms with Crippen LogP contribution in [0.2, 0.25) is 10.0 Å². The molecular formula is C30H33Cl2N3O7. The van der Waals surface area contributed by atoms with Crippen LogP contribution in [0.25, 0.3) is 0 Å². The Kier molecular flexibility index (Phi) is 11.2. The van der Waals surface area contributed by atoms with Crippen molar-refractivity contribution in [2.45, 2.75) is 39.3 Å². The van der Waals surface area contributed by atoms with Gasteiger partial charge in [-0.25, -0.2) is 9.78 Å². The summed E-state index contributed by atoms with van der Waals surface area (Å²) in [6.07, 6.45) is 1.35. The lowest BCUT2D eigenvalue weighted by atomic mass is 9.84. The van der Waals surface area contributed by atoms with Gasteiger partial charge in [-0.15, -0.1) is 5.06 Å². The van der Waals surface area contributed by atoms with E-state index in [0.717, 1.165) is 11.1 Å². The van der Waals surface area contributed by atoms with Crippen LogP contribution in [0.15, 0.2) is 60.8 Å². The number of esters is 1. The third-order valence-corrected chi connectivity index (χ3v) is 7.05. The number of ether oxygens (including phenoxy) is 3. The fourth-order valence-electron chi connectivity index (χ4n) is 3.91. The van der Waals surface area contributed by atoms with Crippen LogP contribution in [-0.4, -0.2) is 54.9 Å². The number of nitrogens with one attached hydrogen (secondary N) is 1. The van der Waals surface area contributed by atoms with Crippen molar-refractivity contribution in [2.24, 2.45) is 5.92 Å². The van der Waals surface area contributed by atoms with Gasteiger partial charge in [0, 0.05) is 29.4 Å². The molecule has 0 aliphatic carbocycles. The van der Waals surface area contributed by atoms with E-state index in [4.69, 9.17) is 42.3 Å². The maximum atomic E-state index is 13.2. The summed E-state index contributed by atoms with van der Waals surface area (Å²) in [5.74, 6) is -2.18. The topological polar surface area (TPSA) is 116 Å². The van der Waals surface area contributed by atoms with Crippen molar-refractivity contribution in [3.8, 4) is 11.5 Å². The maximum Gasteiger partial charge on any atom is 0.347 e. The first-order valence-electron chi connectivity index (χ1n) is 13.0. The number of hydroxylamine groups is 2. The number of carbonyl (C=O) groups excluding carboxylic acids is 3. The van der Waals surface area contributed by atoms with E-state index in [2.05, 4.69) is 10.3 Å². The normalized spacial score (nSPS) is 12.0. The van der Waals surface area contributed by atoms with Gasteiger partial charge in [0.05, 0.1) is 13.0 Å². The molecule has 0 saturated heterocycles. The highest BCUT2D eigenvalue weighted by atomic mass is 35.5. The first kappa shape index (κ1) is 32.7. The highest BCUT2D eigenvalue weighted by Crippen LogP contribution is 2.36. The largest absolute Gasteiger partial charge is 0.493 e. The van der Waals surface area contributed by atoms with Gasteiger partial charge in [0.15, 0.2) is 17.2 Å². The molecule has 0 saturated carbocycles. The summed E-state index contributed by atoms with van der Waals surface area (Å²) in [5.41, 5.74) is 0.468. The van der Waals surface area contributed by atoms with Crippen LogP contribution < -0.4 is 14.8 Å². The number of benzene rings is 2. The van der Waals surface area contributed by atoms with E-state index >= 15 is 0 Å². The lowest BCUT2D eigenvalue weighted by Gasteiger charge is -2.38. The SMILES string of the molecule is COc1ccnc(C(=O)N[C@@H](C)C(=O)ON(C)C(C)(c2ccc(Cl)cc2)c2ccc(Cl)cc2)c1OCOC(=O)C(C)C. The van der Waals surface area contributed by atoms with Gasteiger partial charge in [-0.1, -0.05) is 61.3 Å². The van der Waals surface area contributed by atoms with Gasteiger partial charge in [-0.05, 0) is 49.2 Å². The highest BCUT2D eigenvalue weighted by molar-refractivity contribution is 6.30. The second-order valence-corrected chi connectivity index (χ2v) is 10.6. The molecule has 0 aliphatic rings. The summed E-state index contributed by atoms with van der Waals surface area (Å²) in [6.45, 7) is 6.25. The van der Waals surface area contributed by atoms with E-state index in [-0.39, 0.29) is 23.1 Å². The second-order valence-electron chi connectivity index (χ2n) is 9.76. The van der Waals surface area contributed by atoms with Gasteiger partial charge in [0.2, 0.25) is 6.79 Å². The molecule has 2 aromatic carbocycles. The Morgan fingerprint density at radius 3 is 1.98 bits per heavy atom. The first-order chi connectivity index (χ1) is 19.9. The molecule has 1 N–H and O–H groups in total. The molecule has 224 valence electrons. The number of pyridine rings is 1. The molecule has 0 spiro atoms. The molecule has 1 heterocycles. The first-order valence-corrected chi connectivity index (χ1v) is 13.7. The van der Waals surface area contributed by atoms with Gasteiger partial charge in [0.1, 0.15) is 11.6 Å². The lowest BCUT2D eigenvalue weighted by Crippen LogP contribution is -2.48. The number of amides is 1. The van der Waals surface area contributed by atoms with E-state index in [0.29, 0.717) is 10.0 Å². The Labute approximate surface area is 254 Å². The third-order valence-electron chi connectivity index (χ3n) is 6.55. The van der Waals surface area contributed by atoms with Crippen LogP contribution in [0.5, 0.6) is 11.5 Å². The number of halogens is 2. The standard InChI is InChI=1S/C30H33Cl2N3O7/c1-18(2)28(37)41-17-40-26-24(39-6)15-16-33-25(26)27(36)34-19(3)29(38)42-35(5)30(4,20-7-11-22(31)12-8-20)21-9-13-23(32)14-10-21/h7-16,18-19H,17H2,1-6H3,(H,34,36)/t19-/m0/s1.